The fourth-order valence-corrected chi connectivity index (χ4v) is 2.28. The molecular formula is C12H12FNO. The van der Waals surface area contributed by atoms with Gasteiger partial charge in [0, 0.05) is 10.9 Å². The Morgan fingerprint density at radius 3 is 2.73 bits per heavy atom. The van der Waals surface area contributed by atoms with Crippen LogP contribution < -0.4 is 5.73 Å². The summed E-state index contributed by atoms with van der Waals surface area (Å²) < 4.78 is 19.1. The Bertz CT molecular complexity index is 513. The van der Waals surface area contributed by atoms with E-state index in [1.54, 1.807) is 12.3 Å². The van der Waals surface area contributed by atoms with Crippen LogP contribution in [0.1, 0.15) is 24.8 Å². The van der Waals surface area contributed by atoms with Crippen molar-refractivity contribution in [3.63, 3.8) is 0 Å². The number of fused-ring (bicyclic) bond motifs is 1. The predicted octanol–water partition coefficient (Wildman–Crippen LogP) is 2.91. The minimum atomic E-state index is -0.512. The lowest BCUT2D eigenvalue weighted by atomic mass is 9.72. The Kier molecular flexibility index (Phi) is 1.68. The normalized spacial score (nSPS) is 19.1. The smallest absolute Gasteiger partial charge is 0.141 e. The molecule has 0 radical (unpaired) electrons. The van der Waals surface area contributed by atoms with E-state index in [2.05, 4.69) is 0 Å². The van der Waals surface area contributed by atoms with Crippen LogP contribution in [0.25, 0.3) is 11.0 Å². The van der Waals surface area contributed by atoms with Crippen LogP contribution in [0.4, 0.5) is 4.39 Å². The van der Waals surface area contributed by atoms with Crippen molar-refractivity contribution in [2.24, 2.45) is 5.73 Å². The summed E-state index contributed by atoms with van der Waals surface area (Å²) in [5.41, 5.74) is 6.80. The molecule has 0 aliphatic heterocycles. The lowest BCUT2D eigenvalue weighted by Crippen LogP contribution is -2.44. The van der Waals surface area contributed by atoms with Gasteiger partial charge in [-0.3, -0.25) is 0 Å². The standard InChI is InChI=1S/C12H12FNO/c13-9-3-2-8-4-7-15-11(8)10(9)12(14)5-1-6-12/h2-4,7H,1,5-6,14H2. The lowest BCUT2D eigenvalue weighted by Gasteiger charge is -2.38. The van der Waals surface area contributed by atoms with Gasteiger partial charge in [0.2, 0.25) is 0 Å². The SMILES string of the molecule is NC1(c2c(F)ccc3ccoc23)CCC1. The van der Waals surface area contributed by atoms with E-state index in [4.69, 9.17) is 10.2 Å². The first-order valence-electron chi connectivity index (χ1n) is 5.16. The lowest BCUT2D eigenvalue weighted by molar-refractivity contribution is 0.245. The van der Waals surface area contributed by atoms with Gasteiger partial charge in [0.25, 0.3) is 0 Å². The van der Waals surface area contributed by atoms with Crippen LogP contribution in [0.3, 0.4) is 0 Å². The van der Waals surface area contributed by atoms with Crippen molar-refractivity contribution in [2.75, 3.05) is 0 Å². The molecule has 0 atom stereocenters. The van der Waals surface area contributed by atoms with E-state index in [0.717, 1.165) is 24.6 Å². The summed E-state index contributed by atoms with van der Waals surface area (Å²) in [6, 6.07) is 5.03. The molecule has 0 amide bonds. The summed E-state index contributed by atoms with van der Waals surface area (Å²) in [5, 5.41) is 0.920. The Hall–Kier alpha value is -1.35. The average Bonchev–Trinajstić information content (AvgIpc) is 2.62. The second-order valence-corrected chi connectivity index (χ2v) is 4.27. The number of nitrogens with two attached hydrogens (primary N) is 1. The average molecular weight is 205 g/mol. The fourth-order valence-electron chi connectivity index (χ4n) is 2.28. The largest absolute Gasteiger partial charge is 0.464 e. The minimum Gasteiger partial charge on any atom is -0.464 e. The molecule has 1 fully saturated rings. The monoisotopic (exact) mass is 205 g/mol. The van der Waals surface area contributed by atoms with Crippen LogP contribution in [0.15, 0.2) is 28.9 Å². The third-order valence-electron chi connectivity index (χ3n) is 3.31. The zero-order valence-corrected chi connectivity index (χ0v) is 8.29. The van der Waals surface area contributed by atoms with Crippen molar-refractivity contribution in [2.45, 2.75) is 24.8 Å². The molecule has 2 nitrogen and oxygen atoms in total. The van der Waals surface area contributed by atoms with Crippen LogP contribution in [0, 0.1) is 5.82 Å². The zero-order chi connectivity index (χ0) is 10.5. The maximum Gasteiger partial charge on any atom is 0.141 e. The molecule has 1 aliphatic rings. The maximum absolute atomic E-state index is 13.8. The van der Waals surface area contributed by atoms with Gasteiger partial charge in [0.15, 0.2) is 0 Å². The van der Waals surface area contributed by atoms with Gasteiger partial charge in [-0.05, 0) is 37.5 Å². The van der Waals surface area contributed by atoms with E-state index in [-0.39, 0.29) is 5.82 Å². The summed E-state index contributed by atoms with van der Waals surface area (Å²) in [6.07, 6.45) is 4.32. The van der Waals surface area contributed by atoms with Crippen molar-refractivity contribution in [1.29, 1.82) is 0 Å². The van der Waals surface area contributed by atoms with E-state index in [1.807, 2.05) is 6.07 Å². The molecule has 1 aromatic heterocycles. The third kappa shape index (κ3) is 1.13. The second-order valence-electron chi connectivity index (χ2n) is 4.27. The van der Waals surface area contributed by atoms with Gasteiger partial charge in [-0.2, -0.15) is 0 Å². The molecule has 2 N–H and O–H groups in total. The summed E-state index contributed by atoms with van der Waals surface area (Å²) in [4.78, 5) is 0. The Labute approximate surface area is 86.9 Å². The molecule has 0 unspecified atom stereocenters. The second kappa shape index (κ2) is 2.83. The van der Waals surface area contributed by atoms with E-state index in [0.29, 0.717) is 11.1 Å². The van der Waals surface area contributed by atoms with Gasteiger partial charge in [0.05, 0.1) is 11.8 Å². The number of hydrogen-bond donors (Lipinski definition) is 1. The molecule has 78 valence electrons. The fraction of sp³-hybridized carbons (Fsp3) is 0.333. The van der Waals surface area contributed by atoms with Crippen molar-refractivity contribution < 1.29 is 8.81 Å². The molecule has 1 aliphatic carbocycles. The first-order valence-corrected chi connectivity index (χ1v) is 5.16. The Morgan fingerprint density at radius 2 is 2.07 bits per heavy atom. The van der Waals surface area contributed by atoms with Crippen molar-refractivity contribution in [3.05, 3.63) is 35.8 Å². The van der Waals surface area contributed by atoms with Gasteiger partial charge in [-0.25, -0.2) is 4.39 Å². The predicted molar refractivity (Wildman–Crippen MR) is 55.9 cm³/mol. The number of halogens is 1. The van der Waals surface area contributed by atoms with Gasteiger partial charge in [0.1, 0.15) is 11.4 Å². The summed E-state index contributed by atoms with van der Waals surface area (Å²) in [7, 11) is 0. The first kappa shape index (κ1) is 8.92. The van der Waals surface area contributed by atoms with Gasteiger partial charge >= 0.3 is 0 Å². The third-order valence-corrected chi connectivity index (χ3v) is 3.31. The number of rotatable bonds is 1. The Morgan fingerprint density at radius 1 is 1.27 bits per heavy atom. The molecule has 2 aromatic rings. The maximum atomic E-state index is 13.8. The number of benzene rings is 1. The molecule has 15 heavy (non-hydrogen) atoms. The molecule has 1 heterocycles. The van der Waals surface area contributed by atoms with E-state index in [9.17, 15) is 4.39 Å². The molecule has 3 rings (SSSR count). The van der Waals surface area contributed by atoms with Crippen molar-refractivity contribution in [3.8, 4) is 0 Å². The van der Waals surface area contributed by atoms with E-state index < -0.39 is 5.54 Å². The van der Waals surface area contributed by atoms with Crippen molar-refractivity contribution >= 4 is 11.0 Å². The molecule has 1 aromatic carbocycles. The van der Waals surface area contributed by atoms with Crippen LogP contribution in [-0.4, -0.2) is 0 Å². The summed E-state index contributed by atoms with van der Waals surface area (Å²) >= 11 is 0. The molecule has 0 bridgehead atoms. The van der Waals surface area contributed by atoms with Crippen LogP contribution in [0.5, 0.6) is 0 Å². The first-order chi connectivity index (χ1) is 7.21. The highest BCUT2D eigenvalue weighted by atomic mass is 19.1. The van der Waals surface area contributed by atoms with Gasteiger partial charge in [-0.15, -0.1) is 0 Å². The highest BCUT2D eigenvalue weighted by molar-refractivity contribution is 5.81. The molecule has 1 saturated carbocycles. The Balaban J connectivity index is 2.31. The van der Waals surface area contributed by atoms with Crippen LogP contribution in [-0.2, 0) is 5.54 Å². The highest BCUT2D eigenvalue weighted by Gasteiger charge is 2.38. The quantitative estimate of drug-likeness (QED) is 0.777. The summed E-state index contributed by atoms with van der Waals surface area (Å²) in [6.45, 7) is 0. The van der Waals surface area contributed by atoms with E-state index in [1.165, 1.54) is 6.07 Å². The van der Waals surface area contributed by atoms with Gasteiger partial charge < -0.3 is 10.2 Å². The van der Waals surface area contributed by atoms with E-state index >= 15 is 0 Å². The van der Waals surface area contributed by atoms with Gasteiger partial charge in [-0.1, -0.05) is 0 Å². The number of hydrogen-bond acceptors (Lipinski definition) is 2. The molecule has 0 saturated heterocycles. The number of furan rings is 1. The molecule has 3 heteroatoms. The van der Waals surface area contributed by atoms with Crippen LogP contribution in [0.2, 0.25) is 0 Å². The minimum absolute atomic E-state index is 0.250. The molecular weight excluding hydrogens is 193 g/mol. The molecule has 0 spiro atoms. The van der Waals surface area contributed by atoms with Crippen LogP contribution >= 0.6 is 0 Å². The summed E-state index contributed by atoms with van der Waals surface area (Å²) in [5.74, 6) is -0.250. The topological polar surface area (TPSA) is 39.2 Å². The zero-order valence-electron chi connectivity index (χ0n) is 8.29. The highest BCUT2D eigenvalue weighted by Crippen LogP contribution is 2.43. The van der Waals surface area contributed by atoms with Crippen molar-refractivity contribution in [1.82, 2.24) is 0 Å².